The average Bonchev–Trinajstić information content (AvgIpc) is 3.20. The van der Waals surface area contributed by atoms with Crippen LogP contribution in [0.15, 0.2) is 82.6 Å². The van der Waals surface area contributed by atoms with Gasteiger partial charge in [-0.25, -0.2) is 8.42 Å². The van der Waals surface area contributed by atoms with Crippen molar-refractivity contribution in [1.82, 2.24) is 4.31 Å². The summed E-state index contributed by atoms with van der Waals surface area (Å²) in [6, 6.07) is 21.2. The van der Waals surface area contributed by atoms with Gasteiger partial charge in [-0.1, -0.05) is 73.5 Å². The minimum atomic E-state index is -3.97. The third kappa shape index (κ3) is 5.10. The Morgan fingerprint density at radius 3 is 1.94 bits per heavy atom. The lowest BCUT2D eigenvalue weighted by molar-refractivity contribution is -0.142. The molecule has 0 aliphatic carbocycles. The Morgan fingerprint density at radius 1 is 0.889 bits per heavy atom. The van der Waals surface area contributed by atoms with E-state index in [1.54, 1.807) is 24.3 Å². The van der Waals surface area contributed by atoms with E-state index < -0.39 is 39.2 Å². The number of hydrogen-bond donors (Lipinski definition) is 1. The molecular formula is C29H33NO4S2. The maximum atomic E-state index is 14.2. The molecule has 0 spiro atoms. The van der Waals surface area contributed by atoms with E-state index >= 15 is 0 Å². The molecule has 0 unspecified atom stereocenters. The maximum Gasteiger partial charge on any atom is 0.309 e. The Labute approximate surface area is 218 Å². The van der Waals surface area contributed by atoms with Gasteiger partial charge in [0.1, 0.15) is 0 Å². The van der Waals surface area contributed by atoms with Gasteiger partial charge in [0.2, 0.25) is 10.0 Å². The summed E-state index contributed by atoms with van der Waals surface area (Å²) in [5.41, 5.74) is 3.91. The predicted molar refractivity (Wildman–Crippen MR) is 145 cm³/mol. The van der Waals surface area contributed by atoms with E-state index in [4.69, 9.17) is 0 Å². The Hall–Kier alpha value is -2.61. The fraction of sp³-hybridized carbons (Fsp3) is 0.345. The second kappa shape index (κ2) is 10.8. The molecule has 36 heavy (non-hydrogen) atoms. The number of thioether (sulfide) groups is 1. The van der Waals surface area contributed by atoms with Crippen LogP contribution >= 0.6 is 11.8 Å². The van der Waals surface area contributed by atoms with Gasteiger partial charge in [-0.2, -0.15) is 4.31 Å². The van der Waals surface area contributed by atoms with Crippen LogP contribution in [0.3, 0.4) is 0 Å². The molecule has 1 saturated heterocycles. The largest absolute Gasteiger partial charge is 0.481 e. The van der Waals surface area contributed by atoms with E-state index in [-0.39, 0.29) is 4.90 Å². The maximum absolute atomic E-state index is 14.2. The molecule has 4 rings (SSSR count). The monoisotopic (exact) mass is 523 g/mol. The lowest BCUT2D eigenvalue weighted by Gasteiger charge is -2.30. The first-order chi connectivity index (χ1) is 17.2. The van der Waals surface area contributed by atoms with Crippen LogP contribution in [-0.4, -0.2) is 35.1 Å². The van der Waals surface area contributed by atoms with Gasteiger partial charge in [0.25, 0.3) is 0 Å². The van der Waals surface area contributed by atoms with Gasteiger partial charge >= 0.3 is 5.97 Å². The van der Waals surface area contributed by atoms with E-state index in [2.05, 4.69) is 6.92 Å². The first-order valence-electron chi connectivity index (χ1n) is 12.3. The molecular weight excluding hydrogens is 490 g/mol. The molecule has 1 N–H and O–H groups in total. The quantitative estimate of drug-likeness (QED) is 0.378. The number of hydrogen-bond acceptors (Lipinski definition) is 4. The second-order valence-corrected chi connectivity index (χ2v) is 12.5. The van der Waals surface area contributed by atoms with Crippen LogP contribution in [0.25, 0.3) is 0 Å². The highest BCUT2D eigenvalue weighted by molar-refractivity contribution is 8.00. The van der Waals surface area contributed by atoms with E-state index in [0.717, 1.165) is 28.0 Å². The summed E-state index contributed by atoms with van der Waals surface area (Å²) < 4.78 is 29.8. The summed E-state index contributed by atoms with van der Waals surface area (Å²) in [7, 11) is -3.97. The third-order valence-corrected chi connectivity index (χ3v) is 10.3. The predicted octanol–water partition coefficient (Wildman–Crippen LogP) is 6.25. The molecule has 4 atom stereocenters. The Morgan fingerprint density at radius 2 is 1.44 bits per heavy atom. The minimum Gasteiger partial charge on any atom is -0.481 e. The molecule has 190 valence electrons. The number of rotatable bonds is 8. The van der Waals surface area contributed by atoms with E-state index in [0.29, 0.717) is 12.0 Å². The number of benzene rings is 3. The van der Waals surface area contributed by atoms with Crippen LogP contribution in [-0.2, 0) is 21.2 Å². The van der Waals surface area contributed by atoms with Crippen LogP contribution in [0.5, 0.6) is 0 Å². The van der Waals surface area contributed by atoms with E-state index in [9.17, 15) is 18.3 Å². The van der Waals surface area contributed by atoms with Crippen LogP contribution in [0, 0.1) is 19.8 Å². The van der Waals surface area contributed by atoms with Crippen LogP contribution in [0.2, 0.25) is 0 Å². The van der Waals surface area contributed by atoms with Crippen molar-refractivity contribution in [3.63, 3.8) is 0 Å². The van der Waals surface area contributed by atoms with Gasteiger partial charge in [-0.05, 0) is 62.1 Å². The standard InChI is InChI=1S/C29H33NO4S2/c1-5-21-11-13-22(14-12-21)27-26(29(31)32)28(35-23-15-7-19(3)8-16-23)25(6-2)30(27)36(33,34)24-17-9-20(4)10-18-24/h7-18,25-28H,5-6H2,1-4H3,(H,31,32)/t25-,26+,27+,28-/m1/s1. The van der Waals surface area contributed by atoms with Gasteiger partial charge < -0.3 is 5.11 Å². The summed E-state index contributed by atoms with van der Waals surface area (Å²) in [5, 5.41) is 10.1. The van der Waals surface area contributed by atoms with Crippen molar-refractivity contribution in [2.75, 3.05) is 0 Å². The number of carbonyl (C=O) groups is 1. The van der Waals surface area contributed by atoms with E-state index in [1.165, 1.54) is 16.1 Å². The zero-order valence-electron chi connectivity index (χ0n) is 21.1. The van der Waals surface area contributed by atoms with Gasteiger partial charge in [0, 0.05) is 16.2 Å². The van der Waals surface area contributed by atoms with Crippen LogP contribution in [0.1, 0.15) is 48.6 Å². The smallest absolute Gasteiger partial charge is 0.309 e. The number of carboxylic acid groups (broad SMARTS) is 1. The van der Waals surface area contributed by atoms with Crippen LogP contribution < -0.4 is 0 Å². The van der Waals surface area contributed by atoms with E-state index in [1.807, 2.05) is 69.3 Å². The van der Waals surface area contributed by atoms with Crippen molar-refractivity contribution in [3.05, 3.63) is 95.1 Å². The van der Waals surface area contributed by atoms with Gasteiger partial charge in [0.05, 0.1) is 16.9 Å². The molecule has 7 heteroatoms. The SMILES string of the molecule is CCc1ccc([C@H]2[C@H](C(=O)O)[C@H](Sc3ccc(C)cc3)[C@@H](CC)N2S(=O)(=O)c2ccc(C)cc2)cc1. The highest BCUT2D eigenvalue weighted by atomic mass is 32.2. The third-order valence-electron chi connectivity index (χ3n) is 7.00. The molecule has 0 radical (unpaired) electrons. The second-order valence-electron chi connectivity index (χ2n) is 9.42. The highest BCUT2D eigenvalue weighted by Gasteiger charge is 2.57. The average molecular weight is 524 g/mol. The summed E-state index contributed by atoms with van der Waals surface area (Å²) >= 11 is 1.47. The first-order valence-corrected chi connectivity index (χ1v) is 14.6. The van der Waals surface area contributed by atoms with Crippen molar-refractivity contribution in [2.24, 2.45) is 5.92 Å². The molecule has 0 saturated carbocycles. The minimum absolute atomic E-state index is 0.187. The fourth-order valence-electron chi connectivity index (χ4n) is 5.01. The molecule has 5 nitrogen and oxygen atoms in total. The topological polar surface area (TPSA) is 74.7 Å². The molecule has 1 aliphatic rings. The van der Waals surface area contributed by atoms with Crippen LogP contribution in [0.4, 0.5) is 0 Å². The lowest BCUT2D eigenvalue weighted by Crippen LogP contribution is -2.39. The molecule has 0 bridgehead atoms. The summed E-state index contributed by atoms with van der Waals surface area (Å²) in [6.45, 7) is 7.91. The molecule has 0 aromatic heterocycles. The number of nitrogens with zero attached hydrogens (tertiary/aromatic N) is 1. The lowest BCUT2D eigenvalue weighted by atomic mass is 9.92. The molecule has 3 aromatic carbocycles. The Bertz CT molecular complexity index is 1300. The van der Waals surface area contributed by atoms with Crippen molar-refractivity contribution in [1.29, 1.82) is 0 Å². The van der Waals surface area contributed by atoms with Gasteiger partial charge in [-0.15, -0.1) is 11.8 Å². The Balaban J connectivity index is 1.88. The number of aliphatic carboxylic acids is 1. The normalized spacial score (nSPS) is 22.6. The van der Waals surface area contributed by atoms with Crippen molar-refractivity contribution >= 4 is 27.8 Å². The molecule has 0 amide bonds. The fourth-order valence-corrected chi connectivity index (χ4v) is 8.50. The number of aryl methyl sites for hydroxylation is 3. The molecule has 1 heterocycles. The highest BCUT2D eigenvalue weighted by Crippen LogP contribution is 2.51. The zero-order chi connectivity index (χ0) is 26.0. The van der Waals surface area contributed by atoms with Gasteiger partial charge in [0.15, 0.2) is 0 Å². The van der Waals surface area contributed by atoms with Crippen molar-refractivity contribution in [3.8, 4) is 0 Å². The first kappa shape index (κ1) is 26.5. The molecule has 3 aromatic rings. The molecule has 1 aliphatic heterocycles. The van der Waals surface area contributed by atoms with Crippen molar-refractivity contribution in [2.45, 2.75) is 67.7 Å². The number of sulfonamides is 1. The zero-order valence-corrected chi connectivity index (χ0v) is 22.7. The van der Waals surface area contributed by atoms with Gasteiger partial charge in [-0.3, -0.25) is 4.79 Å². The summed E-state index contributed by atoms with van der Waals surface area (Å²) in [4.78, 5) is 14.0. The summed E-state index contributed by atoms with van der Waals surface area (Å²) in [5.74, 6) is -1.89. The molecule has 1 fully saturated rings. The number of carboxylic acids is 1. The summed E-state index contributed by atoms with van der Waals surface area (Å²) in [6.07, 6.45) is 1.35. The Kier molecular flexibility index (Phi) is 7.93. The van der Waals surface area contributed by atoms with Crippen molar-refractivity contribution < 1.29 is 18.3 Å².